The second kappa shape index (κ2) is 4.88. The Morgan fingerprint density at radius 1 is 1.50 bits per heavy atom. The van der Waals surface area contributed by atoms with Crippen LogP contribution < -0.4 is 15.8 Å². The number of nitrogen functional groups attached to an aromatic ring is 1. The molecule has 2 rings (SSSR count). The van der Waals surface area contributed by atoms with Crippen molar-refractivity contribution in [3.63, 3.8) is 0 Å². The smallest absolute Gasteiger partial charge is 0.223 e. The monoisotopic (exact) mass is 248 g/mol. The molecule has 3 N–H and O–H groups in total. The second-order valence-corrected chi connectivity index (χ2v) is 5.45. The number of anilines is 1. The van der Waals surface area contributed by atoms with Crippen molar-refractivity contribution in [3.8, 4) is 5.75 Å². The third-order valence-electron chi connectivity index (χ3n) is 3.35. The van der Waals surface area contributed by atoms with Gasteiger partial charge in [-0.05, 0) is 24.0 Å². The summed E-state index contributed by atoms with van der Waals surface area (Å²) in [4.78, 5) is 11.6. The molecule has 1 aromatic rings. The normalized spacial score (nSPS) is 20.2. The first-order valence-electron chi connectivity index (χ1n) is 6.26. The van der Waals surface area contributed by atoms with E-state index in [1.165, 1.54) is 0 Å². The van der Waals surface area contributed by atoms with Gasteiger partial charge in [0, 0.05) is 6.04 Å². The average Bonchev–Trinajstić information content (AvgIpc) is 2.88. The summed E-state index contributed by atoms with van der Waals surface area (Å²) < 4.78 is 5.48. The highest BCUT2D eigenvalue weighted by Gasteiger charge is 2.46. The molecule has 0 aliphatic heterocycles. The molecule has 1 unspecified atom stereocenters. The van der Waals surface area contributed by atoms with Gasteiger partial charge in [0.2, 0.25) is 5.91 Å². The van der Waals surface area contributed by atoms with Gasteiger partial charge in [-0.3, -0.25) is 4.79 Å². The van der Waals surface area contributed by atoms with Crippen LogP contribution in [-0.2, 0) is 4.79 Å². The van der Waals surface area contributed by atoms with Crippen LogP contribution in [0.25, 0.3) is 0 Å². The van der Waals surface area contributed by atoms with E-state index in [1.54, 1.807) is 12.1 Å². The summed E-state index contributed by atoms with van der Waals surface area (Å²) in [6, 6.07) is 7.62. The molecule has 98 valence electrons. The Labute approximate surface area is 108 Å². The number of benzene rings is 1. The first kappa shape index (κ1) is 12.7. The number of hydrogen-bond acceptors (Lipinski definition) is 3. The Hall–Kier alpha value is -1.71. The summed E-state index contributed by atoms with van der Waals surface area (Å²) in [5, 5.41) is 2.99. The molecule has 1 aliphatic rings. The lowest BCUT2D eigenvalue weighted by Crippen LogP contribution is -2.29. The molecule has 4 heteroatoms. The maximum absolute atomic E-state index is 11.6. The Bertz CT molecular complexity index is 443. The standard InChI is InChI=1S/C14H20N2O2/c1-14(2)9-12(14)16-13(17)7-8-18-11-6-4-3-5-10(11)15/h3-6,12H,7-9,15H2,1-2H3,(H,16,17). The van der Waals surface area contributed by atoms with Gasteiger partial charge in [-0.1, -0.05) is 26.0 Å². The number of carbonyl (C=O) groups excluding carboxylic acids is 1. The number of amides is 1. The predicted octanol–water partition coefficient (Wildman–Crippen LogP) is 1.95. The molecule has 4 nitrogen and oxygen atoms in total. The third kappa shape index (κ3) is 3.15. The van der Waals surface area contributed by atoms with Gasteiger partial charge < -0.3 is 15.8 Å². The number of carbonyl (C=O) groups is 1. The minimum absolute atomic E-state index is 0.0417. The van der Waals surface area contributed by atoms with Gasteiger partial charge in [-0.25, -0.2) is 0 Å². The molecular weight excluding hydrogens is 228 g/mol. The van der Waals surface area contributed by atoms with Gasteiger partial charge in [-0.15, -0.1) is 0 Å². The van der Waals surface area contributed by atoms with Crippen molar-refractivity contribution in [3.05, 3.63) is 24.3 Å². The fraction of sp³-hybridized carbons (Fsp3) is 0.500. The fourth-order valence-electron chi connectivity index (χ4n) is 1.85. The van der Waals surface area contributed by atoms with Crippen LogP contribution in [0, 0.1) is 5.41 Å². The van der Waals surface area contributed by atoms with Crippen molar-refractivity contribution < 1.29 is 9.53 Å². The Morgan fingerprint density at radius 2 is 2.17 bits per heavy atom. The molecule has 0 saturated heterocycles. The summed E-state index contributed by atoms with van der Waals surface area (Å²) in [5.74, 6) is 0.678. The maximum Gasteiger partial charge on any atom is 0.223 e. The van der Waals surface area contributed by atoms with Crippen molar-refractivity contribution >= 4 is 11.6 Å². The molecular formula is C14H20N2O2. The Kier molecular flexibility index (Phi) is 3.45. The van der Waals surface area contributed by atoms with E-state index in [0.29, 0.717) is 30.5 Å². The van der Waals surface area contributed by atoms with E-state index >= 15 is 0 Å². The number of rotatable bonds is 5. The summed E-state index contributed by atoms with van der Waals surface area (Å²) in [7, 11) is 0. The summed E-state index contributed by atoms with van der Waals surface area (Å²) >= 11 is 0. The zero-order valence-electron chi connectivity index (χ0n) is 10.9. The molecule has 18 heavy (non-hydrogen) atoms. The zero-order chi connectivity index (χ0) is 13.2. The highest BCUT2D eigenvalue weighted by Crippen LogP contribution is 2.44. The molecule has 1 aliphatic carbocycles. The van der Waals surface area contributed by atoms with Crippen LogP contribution in [0.15, 0.2) is 24.3 Å². The number of para-hydroxylation sites is 2. The van der Waals surface area contributed by atoms with Crippen molar-refractivity contribution in [1.82, 2.24) is 5.32 Å². The Balaban J connectivity index is 1.70. The Morgan fingerprint density at radius 3 is 2.78 bits per heavy atom. The molecule has 1 aromatic carbocycles. The lowest BCUT2D eigenvalue weighted by molar-refractivity contribution is -0.121. The highest BCUT2D eigenvalue weighted by atomic mass is 16.5. The van der Waals surface area contributed by atoms with Crippen LogP contribution in [0.2, 0.25) is 0 Å². The fourth-order valence-corrected chi connectivity index (χ4v) is 1.85. The van der Waals surface area contributed by atoms with Gasteiger partial charge in [0.05, 0.1) is 18.7 Å². The molecule has 0 heterocycles. The number of hydrogen-bond donors (Lipinski definition) is 2. The van der Waals surface area contributed by atoms with E-state index in [2.05, 4.69) is 19.2 Å². The first-order valence-corrected chi connectivity index (χ1v) is 6.26. The largest absolute Gasteiger partial charge is 0.491 e. The van der Waals surface area contributed by atoms with Crippen molar-refractivity contribution in [2.75, 3.05) is 12.3 Å². The first-order chi connectivity index (χ1) is 8.49. The molecule has 1 amide bonds. The van der Waals surface area contributed by atoms with Gasteiger partial charge in [0.1, 0.15) is 5.75 Å². The van der Waals surface area contributed by atoms with Gasteiger partial charge >= 0.3 is 0 Å². The lowest BCUT2D eigenvalue weighted by atomic mass is 10.2. The highest BCUT2D eigenvalue weighted by molar-refractivity contribution is 5.77. The summed E-state index contributed by atoms with van der Waals surface area (Å²) in [6.45, 7) is 4.66. The van der Waals surface area contributed by atoms with Crippen LogP contribution in [0.5, 0.6) is 5.75 Å². The van der Waals surface area contributed by atoms with Crippen LogP contribution in [0.4, 0.5) is 5.69 Å². The molecule has 0 radical (unpaired) electrons. The topological polar surface area (TPSA) is 64.3 Å². The number of nitrogens with two attached hydrogens (primary N) is 1. The van der Waals surface area contributed by atoms with Crippen LogP contribution in [-0.4, -0.2) is 18.6 Å². The molecule has 1 atom stereocenters. The molecule has 0 aromatic heterocycles. The van der Waals surface area contributed by atoms with E-state index in [4.69, 9.17) is 10.5 Å². The van der Waals surface area contributed by atoms with Gasteiger partial charge in [0.15, 0.2) is 0 Å². The minimum atomic E-state index is 0.0417. The second-order valence-electron chi connectivity index (χ2n) is 5.45. The molecule has 0 spiro atoms. The molecule has 1 fully saturated rings. The average molecular weight is 248 g/mol. The third-order valence-corrected chi connectivity index (χ3v) is 3.35. The van der Waals surface area contributed by atoms with Crippen LogP contribution in [0.3, 0.4) is 0 Å². The van der Waals surface area contributed by atoms with E-state index in [-0.39, 0.29) is 11.3 Å². The SMILES string of the molecule is CC1(C)CC1NC(=O)CCOc1ccccc1N. The lowest BCUT2D eigenvalue weighted by Gasteiger charge is -2.09. The van der Waals surface area contributed by atoms with E-state index in [0.717, 1.165) is 6.42 Å². The number of ether oxygens (including phenoxy) is 1. The summed E-state index contributed by atoms with van der Waals surface area (Å²) in [5.41, 5.74) is 6.60. The van der Waals surface area contributed by atoms with Crippen LogP contribution in [0.1, 0.15) is 26.7 Å². The van der Waals surface area contributed by atoms with Crippen molar-refractivity contribution in [2.24, 2.45) is 5.41 Å². The zero-order valence-corrected chi connectivity index (χ0v) is 10.9. The molecule has 1 saturated carbocycles. The van der Waals surface area contributed by atoms with Gasteiger partial charge in [0.25, 0.3) is 0 Å². The minimum Gasteiger partial charge on any atom is -0.491 e. The van der Waals surface area contributed by atoms with Crippen LogP contribution >= 0.6 is 0 Å². The van der Waals surface area contributed by atoms with E-state index in [9.17, 15) is 4.79 Å². The maximum atomic E-state index is 11.6. The van der Waals surface area contributed by atoms with E-state index in [1.807, 2.05) is 12.1 Å². The number of nitrogens with one attached hydrogen (secondary N) is 1. The van der Waals surface area contributed by atoms with Gasteiger partial charge in [-0.2, -0.15) is 0 Å². The molecule has 0 bridgehead atoms. The quantitative estimate of drug-likeness (QED) is 0.783. The van der Waals surface area contributed by atoms with E-state index < -0.39 is 0 Å². The summed E-state index contributed by atoms with van der Waals surface area (Å²) in [6.07, 6.45) is 1.42. The van der Waals surface area contributed by atoms with Crippen molar-refractivity contribution in [1.29, 1.82) is 0 Å². The van der Waals surface area contributed by atoms with Crippen molar-refractivity contribution in [2.45, 2.75) is 32.7 Å². The predicted molar refractivity (Wildman–Crippen MR) is 71.3 cm³/mol.